The number of hydrogen-bond acceptors (Lipinski definition) is 10. The number of nitrogens with one attached hydrogen (secondary N) is 1. The Kier molecular flexibility index (Phi) is 48.9. The van der Waals surface area contributed by atoms with Gasteiger partial charge in [0.1, 0.15) is 24.4 Å². The molecule has 0 spiro atoms. The van der Waals surface area contributed by atoms with Crippen LogP contribution in [-0.4, -0.2) is 100 Å². The van der Waals surface area contributed by atoms with E-state index >= 15 is 0 Å². The van der Waals surface area contributed by atoms with Gasteiger partial charge in [-0.2, -0.15) is 0 Å². The molecule has 1 aliphatic heterocycles. The number of ether oxygens (including phenoxy) is 3. The summed E-state index contributed by atoms with van der Waals surface area (Å²) in [6.07, 6.45) is 50.4. The quantitative estimate of drug-likeness (QED) is 0.0195. The second-order valence-corrected chi connectivity index (χ2v) is 21.8. The Morgan fingerprint density at radius 1 is 0.500 bits per heavy atom. The van der Waals surface area contributed by atoms with Gasteiger partial charge in [-0.25, -0.2) is 0 Å². The van der Waals surface area contributed by atoms with Gasteiger partial charge in [-0.15, -0.1) is 0 Å². The lowest BCUT2D eigenvalue weighted by atomic mass is 9.99. The minimum atomic E-state index is -1.57. The minimum Gasteiger partial charge on any atom is -0.466 e. The number of rotatable bonds is 54. The molecule has 7 atom stereocenters. The van der Waals surface area contributed by atoms with Crippen LogP contribution in [0.4, 0.5) is 0 Å². The molecule has 0 bridgehead atoms. The van der Waals surface area contributed by atoms with Gasteiger partial charge in [0, 0.05) is 12.8 Å². The lowest BCUT2D eigenvalue weighted by molar-refractivity contribution is -0.302. The molecule has 1 heterocycles. The number of unbranched alkanes of at least 4 members (excludes halogenated alkanes) is 40. The molecule has 0 aromatic carbocycles. The van der Waals surface area contributed by atoms with Crippen LogP contribution in [0.5, 0.6) is 0 Å². The van der Waals surface area contributed by atoms with Gasteiger partial charge in [-0.3, -0.25) is 9.59 Å². The molecule has 11 nitrogen and oxygen atoms in total. The zero-order valence-electron chi connectivity index (χ0n) is 46.9. The van der Waals surface area contributed by atoms with Crippen molar-refractivity contribution in [1.82, 2.24) is 5.32 Å². The van der Waals surface area contributed by atoms with Gasteiger partial charge in [0.2, 0.25) is 5.91 Å². The first-order valence-corrected chi connectivity index (χ1v) is 31.0. The Bertz CT molecular complexity index is 1200. The Labute approximate surface area is 442 Å². The van der Waals surface area contributed by atoms with E-state index in [9.17, 15) is 35.1 Å². The molecule has 0 aliphatic carbocycles. The van der Waals surface area contributed by atoms with Gasteiger partial charge < -0.3 is 45.1 Å². The third kappa shape index (κ3) is 40.7. The van der Waals surface area contributed by atoms with Gasteiger partial charge in [-0.1, -0.05) is 270 Å². The smallest absolute Gasteiger partial charge is 0.305 e. The number of carbonyl (C=O) groups excluding carboxylic acids is 2. The van der Waals surface area contributed by atoms with Crippen LogP contribution in [0.2, 0.25) is 0 Å². The van der Waals surface area contributed by atoms with Crippen LogP contribution in [0.15, 0.2) is 12.2 Å². The van der Waals surface area contributed by atoms with Crippen LogP contribution in [0.1, 0.15) is 303 Å². The molecular weight excluding hydrogens is 907 g/mol. The maximum absolute atomic E-state index is 13.0. The van der Waals surface area contributed by atoms with E-state index in [-0.39, 0.29) is 18.5 Å². The van der Waals surface area contributed by atoms with Crippen molar-refractivity contribution in [2.45, 2.75) is 346 Å². The van der Waals surface area contributed by atoms with Crippen molar-refractivity contribution in [3.8, 4) is 0 Å². The fourth-order valence-corrected chi connectivity index (χ4v) is 9.97. The molecule has 1 amide bonds. The summed E-state index contributed by atoms with van der Waals surface area (Å²) in [5.41, 5.74) is 0. The zero-order chi connectivity index (χ0) is 52.4. The monoisotopic (exact) mass is 1020 g/mol. The third-order valence-electron chi connectivity index (χ3n) is 14.9. The first-order chi connectivity index (χ1) is 35.2. The summed E-state index contributed by atoms with van der Waals surface area (Å²) >= 11 is 0. The number of aliphatic hydroxyl groups is 5. The van der Waals surface area contributed by atoms with Crippen molar-refractivity contribution in [2.75, 3.05) is 19.8 Å². The molecule has 0 aromatic heterocycles. The van der Waals surface area contributed by atoms with E-state index < -0.39 is 49.5 Å². The lowest BCUT2D eigenvalue weighted by Gasteiger charge is -2.40. The number of allylic oxidation sites excluding steroid dienone is 1. The average molecular weight is 1020 g/mol. The predicted molar refractivity (Wildman–Crippen MR) is 297 cm³/mol. The largest absolute Gasteiger partial charge is 0.466 e. The molecule has 0 aromatic rings. The van der Waals surface area contributed by atoms with E-state index in [0.29, 0.717) is 19.4 Å². The van der Waals surface area contributed by atoms with Crippen LogP contribution < -0.4 is 5.32 Å². The van der Waals surface area contributed by atoms with Crippen molar-refractivity contribution in [3.63, 3.8) is 0 Å². The third-order valence-corrected chi connectivity index (χ3v) is 14.9. The highest BCUT2D eigenvalue weighted by atomic mass is 16.7. The molecule has 1 rings (SSSR count). The van der Waals surface area contributed by atoms with Gasteiger partial charge in [-0.05, 0) is 32.1 Å². The summed E-state index contributed by atoms with van der Waals surface area (Å²) in [5, 5.41) is 54.2. The first kappa shape index (κ1) is 68.4. The Balaban J connectivity index is 1.98. The second kappa shape index (κ2) is 51.5. The number of amides is 1. The van der Waals surface area contributed by atoms with Crippen LogP contribution in [-0.2, 0) is 23.8 Å². The van der Waals surface area contributed by atoms with Crippen LogP contribution >= 0.6 is 0 Å². The Morgan fingerprint density at radius 3 is 1.29 bits per heavy atom. The molecule has 11 heteroatoms. The van der Waals surface area contributed by atoms with E-state index in [1.54, 1.807) is 6.08 Å². The van der Waals surface area contributed by atoms with Crippen LogP contribution in [0.3, 0.4) is 0 Å². The fourth-order valence-electron chi connectivity index (χ4n) is 9.97. The van der Waals surface area contributed by atoms with Crippen molar-refractivity contribution in [1.29, 1.82) is 0 Å². The fraction of sp³-hybridized carbons (Fsp3) is 0.934. The molecule has 0 saturated carbocycles. The lowest BCUT2D eigenvalue weighted by Crippen LogP contribution is -2.60. The molecule has 426 valence electrons. The van der Waals surface area contributed by atoms with Gasteiger partial charge >= 0.3 is 5.97 Å². The SMILES string of the molecule is CCCCCCCCC/C=C/C(O)C(COC1OC(CO)C(O)C(O)C1O)NC(=O)CCCCCCCCCCCCCCCCCCCCCCCOC(=O)CCCCCCCCCCCCCCCC. The van der Waals surface area contributed by atoms with Gasteiger partial charge in [0.15, 0.2) is 6.29 Å². The molecule has 1 fully saturated rings. The van der Waals surface area contributed by atoms with Gasteiger partial charge in [0.25, 0.3) is 0 Å². The number of carbonyl (C=O) groups is 2. The summed E-state index contributed by atoms with van der Waals surface area (Å²) in [6, 6.07) is -0.808. The molecule has 7 unspecified atom stereocenters. The highest BCUT2D eigenvalue weighted by molar-refractivity contribution is 5.76. The van der Waals surface area contributed by atoms with E-state index in [2.05, 4.69) is 19.2 Å². The van der Waals surface area contributed by atoms with E-state index in [4.69, 9.17) is 14.2 Å². The molecule has 72 heavy (non-hydrogen) atoms. The van der Waals surface area contributed by atoms with Crippen molar-refractivity contribution >= 4 is 11.9 Å². The van der Waals surface area contributed by atoms with Crippen LogP contribution in [0.25, 0.3) is 0 Å². The van der Waals surface area contributed by atoms with Crippen molar-refractivity contribution in [2.24, 2.45) is 0 Å². The summed E-state index contributed by atoms with van der Waals surface area (Å²) in [7, 11) is 0. The predicted octanol–water partition coefficient (Wildman–Crippen LogP) is 14.3. The molecule has 1 saturated heterocycles. The Hall–Kier alpha value is -1.60. The van der Waals surface area contributed by atoms with Crippen molar-refractivity contribution in [3.05, 3.63) is 12.2 Å². The minimum absolute atomic E-state index is 0.00150. The van der Waals surface area contributed by atoms with Crippen LogP contribution in [0, 0.1) is 0 Å². The average Bonchev–Trinajstić information content (AvgIpc) is 3.38. The Morgan fingerprint density at radius 2 is 0.875 bits per heavy atom. The topological polar surface area (TPSA) is 175 Å². The second-order valence-electron chi connectivity index (χ2n) is 21.8. The van der Waals surface area contributed by atoms with Crippen molar-refractivity contribution < 1.29 is 49.3 Å². The normalized spacial score (nSPS) is 19.0. The van der Waals surface area contributed by atoms with Gasteiger partial charge in [0.05, 0.1) is 32.0 Å². The molecule has 0 radical (unpaired) electrons. The number of esters is 1. The van der Waals surface area contributed by atoms with E-state index in [0.717, 1.165) is 57.8 Å². The molecular formula is C61H117NO10. The maximum atomic E-state index is 13.0. The number of hydrogen-bond donors (Lipinski definition) is 6. The summed E-state index contributed by atoms with van der Waals surface area (Å²) in [5.74, 6) is -0.182. The summed E-state index contributed by atoms with van der Waals surface area (Å²) in [6.45, 7) is 4.33. The van der Waals surface area contributed by atoms with E-state index in [1.165, 1.54) is 218 Å². The van der Waals surface area contributed by atoms with E-state index in [1.807, 2.05) is 6.08 Å². The summed E-state index contributed by atoms with van der Waals surface area (Å²) in [4.78, 5) is 25.1. The highest BCUT2D eigenvalue weighted by Gasteiger charge is 2.44. The first-order valence-electron chi connectivity index (χ1n) is 31.0. The highest BCUT2D eigenvalue weighted by Crippen LogP contribution is 2.23. The maximum Gasteiger partial charge on any atom is 0.305 e. The summed E-state index contributed by atoms with van der Waals surface area (Å²) < 4.78 is 16.7. The molecule has 1 aliphatic rings. The standard InChI is InChI=1S/C61H117NO10/c1-3-5-7-9-11-13-14-15-26-29-33-37-41-45-49-57(66)70-50-46-42-38-34-30-27-24-22-20-18-16-17-19-21-23-25-28-32-36-40-44-48-56(65)62-53(54(64)47-43-39-35-31-12-10-8-6-4-2)52-71-61-60(69)59(68)58(67)55(51-63)72-61/h43,47,53-55,58-61,63-64,67-69H,3-42,44-46,48-52H2,1-2H3,(H,62,65)/b47-43+. The molecule has 6 N–H and O–H groups in total. The zero-order valence-corrected chi connectivity index (χ0v) is 46.9. The number of aliphatic hydroxyl groups excluding tert-OH is 5.